The maximum Gasteiger partial charge on any atom is 0.0619 e. The molecule has 0 aromatic heterocycles. The van der Waals surface area contributed by atoms with Crippen molar-refractivity contribution in [3.05, 3.63) is 0 Å². The fraction of sp³-hybridized carbons (Fsp3) is 1.00. The molecule has 1 N–H and O–H groups in total. The van der Waals surface area contributed by atoms with E-state index >= 15 is 0 Å². The van der Waals surface area contributed by atoms with E-state index in [1.54, 1.807) is 0 Å². The Hall–Kier alpha value is -0.0800. The highest BCUT2D eigenvalue weighted by molar-refractivity contribution is 4.83. The minimum atomic E-state index is 0.489. The normalized spacial score (nSPS) is 35.2. The van der Waals surface area contributed by atoms with Crippen molar-refractivity contribution in [1.29, 1.82) is 0 Å². The summed E-state index contributed by atoms with van der Waals surface area (Å²) in [5.74, 6) is 0.909. The van der Waals surface area contributed by atoms with E-state index in [-0.39, 0.29) is 0 Å². The molecular formula is C16H31NO. The van der Waals surface area contributed by atoms with Gasteiger partial charge in [0.2, 0.25) is 0 Å². The number of hydrogen-bond acceptors (Lipinski definition) is 2. The second kappa shape index (κ2) is 6.38. The third kappa shape index (κ3) is 4.24. The van der Waals surface area contributed by atoms with Gasteiger partial charge in [-0.15, -0.1) is 0 Å². The highest BCUT2D eigenvalue weighted by Gasteiger charge is 2.28. The second-order valence-electron chi connectivity index (χ2n) is 7.35. The molecule has 1 heterocycles. The Labute approximate surface area is 113 Å². The van der Waals surface area contributed by atoms with Gasteiger partial charge >= 0.3 is 0 Å². The van der Waals surface area contributed by atoms with Crippen molar-refractivity contribution >= 4 is 0 Å². The predicted octanol–water partition coefficient (Wildman–Crippen LogP) is 3.75. The fourth-order valence-corrected chi connectivity index (χ4v) is 3.54. The molecule has 1 saturated heterocycles. The van der Waals surface area contributed by atoms with Crippen LogP contribution in [-0.4, -0.2) is 25.3 Å². The van der Waals surface area contributed by atoms with Crippen LogP contribution in [0, 0.1) is 11.3 Å². The quantitative estimate of drug-likeness (QED) is 0.757. The topological polar surface area (TPSA) is 21.3 Å². The predicted molar refractivity (Wildman–Crippen MR) is 76.8 cm³/mol. The van der Waals surface area contributed by atoms with Gasteiger partial charge in [-0.2, -0.15) is 0 Å². The molecule has 2 nitrogen and oxygen atoms in total. The zero-order chi connectivity index (χ0) is 13.0. The minimum Gasteiger partial charge on any atom is -0.380 e. The average Bonchev–Trinajstić information content (AvgIpc) is 2.55. The molecule has 1 saturated carbocycles. The summed E-state index contributed by atoms with van der Waals surface area (Å²) in [6.45, 7) is 9.11. The van der Waals surface area contributed by atoms with Crippen LogP contribution in [0.15, 0.2) is 0 Å². The number of nitrogens with one attached hydrogen (secondary N) is 1. The highest BCUT2D eigenvalue weighted by atomic mass is 16.5. The van der Waals surface area contributed by atoms with E-state index < -0.39 is 0 Å². The van der Waals surface area contributed by atoms with Crippen LogP contribution in [0.5, 0.6) is 0 Å². The molecular weight excluding hydrogens is 222 g/mol. The van der Waals surface area contributed by atoms with Gasteiger partial charge in [0.15, 0.2) is 0 Å². The summed E-state index contributed by atoms with van der Waals surface area (Å²) in [5, 5.41) is 3.84. The van der Waals surface area contributed by atoms with Gasteiger partial charge in [0.05, 0.1) is 6.61 Å². The Kier molecular flexibility index (Phi) is 5.08. The molecule has 106 valence electrons. The first-order chi connectivity index (χ1) is 8.55. The van der Waals surface area contributed by atoms with E-state index in [4.69, 9.17) is 4.74 Å². The van der Waals surface area contributed by atoms with Crippen LogP contribution in [-0.2, 0) is 4.74 Å². The molecule has 3 unspecified atom stereocenters. The van der Waals surface area contributed by atoms with Gasteiger partial charge in [-0.1, -0.05) is 27.2 Å². The molecule has 0 radical (unpaired) electrons. The van der Waals surface area contributed by atoms with E-state index in [1.165, 1.54) is 44.9 Å². The first kappa shape index (κ1) is 14.3. The summed E-state index contributed by atoms with van der Waals surface area (Å²) < 4.78 is 5.57. The molecule has 0 aromatic rings. The van der Waals surface area contributed by atoms with Gasteiger partial charge in [0, 0.05) is 18.7 Å². The fourth-order valence-electron chi connectivity index (χ4n) is 3.54. The summed E-state index contributed by atoms with van der Waals surface area (Å²) >= 11 is 0. The lowest BCUT2D eigenvalue weighted by atomic mass is 9.76. The monoisotopic (exact) mass is 253 g/mol. The van der Waals surface area contributed by atoms with Crippen LogP contribution in [0.1, 0.15) is 65.7 Å². The Morgan fingerprint density at radius 1 is 0.889 bits per heavy atom. The highest BCUT2D eigenvalue weighted by Crippen LogP contribution is 2.36. The second-order valence-corrected chi connectivity index (χ2v) is 7.35. The molecule has 2 heteroatoms. The minimum absolute atomic E-state index is 0.489. The van der Waals surface area contributed by atoms with Gasteiger partial charge in [0.1, 0.15) is 0 Å². The lowest BCUT2D eigenvalue weighted by Crippen LogP contribution is -2.43. The first-order valence-electron chi connectivity index (χ1n) is 7.89. The standard InChI is InChI=1S/C16H31NO/c1-16(2,3)13-6-4-7-14(10-9-13)17-15-8-5-11-18-12-15/h13-15,17H,4-12H2,1-3H3. The molecule has 1 aliphatic heterocycles. The molecule has 0 amide bonds. The number of rotatable bonds is 2. The summed E-state index contributed by atoms with van der Waals surface area (Å²) in [5.41, 5.74) is 0.489. The van der Waals surface area contributed by atoms with Crippen molar-refractivity contribution in [2.24, 2.45) is 11.3 Å². The van der Waals surface area contributed by atoms with Crippen molar-refractivity contribution in [2.75, 3.05) is 13.2 Å². The van der Waals surface area contributed by atoms with Crippen molar-refractivity contribution in [2.45, 2.75) is 77.8 Å². The molecule has 2 aliphatic rings. The molecule has 0 bridgehead atoms. The van der Waals surface area contributed by atoms with Crippen molar-refractivity contribution < 1.29 is 4.74 Å². The van der Waals surface area contributed by atoms with E-state index in [0.717, 1.165) is 25.2 Å². The molecule has 3 atom stereocenters. The van der Waals surface area contributed by atoms with Crippen LogP contribution in [0.4, 0.5) is 0 Å². The summed E-state index contributed by atoms with van der Waals surface area (Å²) in [7, 11) is 0. The Bertz CT molecular complexity index is 240. The summed E-state index contributed by atoms with van der Waals surface area (Å²) in [6, 6.07) is 1.36. The van der Waals surface area contributed by atoms with Crippen molar-refractivity contribution in [3.63, 3.8) is 0 Å². The van der Waals surface area contributed by atoms with Crippen LogP contribution in [0.25, 0.3) is 0 Å². The maximum atomic E-state index is 5.57. The van der Waals surface area contributed by atoms with E-state index in [9.17, 15) is 0 Å². The van der Waals surface area contributed by atoms with Crippen molar-refractivity contribution in [3.8, 4) is 0 Å². The van der Waals surface area contributed by atoms with Gasteiger partial charge in [0.25, 0.3) is 0 Å². The Morgan fingerprint density at radius 3 is 2.33 bits per heavy atom. The molecule has 0 spiro atoms. The van der Waals surface area contributed by atoms with Gasteiger partial charge in [-0.3, -0.25) is 0 Å². The van der Waals surface area contributed by atoms with E-state index in [2.05, 4.69) is 26.1 Å². The zero-order valence-electron chi connectivity index (χ0n) is 12.5. The Morgan fingerprint density at radius 2 is 1.67 bits per heavy atom. The SMILES string of the molecule is CC(C)(C)C1CCCC(NC2CCCOC2)CC1. The zero-order valence-corrected chi connectivity index (χ0v) is 12.5. The molecule has 2 fully saturated rings. The van der Waals surface area contributed by atoms with Crippen LogP contribution in [0.2, 0.25) is 0 Å². The summed E-state index contributed by atoms with van der Waals surface area (Å²) in [6.07, 6.45) is 9.47. The number of hydrogen-bond donors (Lipinski definition) is 1. The lowest BCUT2D eigenvalue weighted by molar-refractivity contribution is 0.0654. The number of ether oxygens (including phenoxy) is 1. The van der Waals surface area contributed by atoms with Gasteiger partial charge in [-0.25, -0.2) is 0 Å². The van der Waals surface area contributed by atoms with Gasteiger partial charge in [-0.05, 0) is 49.9 Å². The molecule has 1 aliphatic carbocycles. The Balaban J connectivity index is 1.78. The van der Waals surface area contributed by atoms with Crippen LogP contribution in [0.3, 0.4) is 0 Å². The smallest absolute Gasteiger partial charge is 0.0619 e. The van der Waals surface area contributed by atoms with Crippen molar-refractivity contribution in [1.82, 2.24) is 5.32 Å². The average molecular weight is 253 g/mol. The first-order valence-corrected chi connectivity index (χ1v) is 7.89. The summed E-state index contributed by atoms with van der Waals surface area (Å²) in [4.78, 5) is 0. The maximum absolute atomic E-state index is 5.57. The third-order valence-electron chi connectivity index (χ3n) is 4.83. The molecule has 18 heavy (non-hydrogen) atoms. The van der Waals surface area contributed by atoms with Gasteiger partial charge < -0.3 is 10.1 Å². The van der Waals surface area contributed by atoms with Crippen LogP contribution >= 0.6 is 0 Å². The van der Waals surface area contributed by atoms with E-state index in [1.807, 2.05) is 0 Å². The largest absolute Gasteiger partial charge is 0.380 e. The third-order valence-corrected chi connectivity index (χ3v) is 4.83. The lowest BCUT2D eigenvalue weighted by Gasteiger charge is -2.30. The van der Waals surface area contributed by atoms with Crippen LogP contribution < -0.4 is 5.32 Å². The van der Waals surface area contributed by atoms with E-state index in [0.29, 0.717) is 11.5 Å². The molecule has 2 rings (SSSR count). The molecule has 0 aromatic carbocycles.